The molecular formula is C21H24N6O2. The van der Waals surface area contributed by atoms with Crippen molar-refractivity contribution in [2.45, 2.75) is 37.8 Å². The number of aromatic nitrogens is 5. The molecule has 2 N–H and O–H groups in total. The van der Waals surface area contributed by atoms with Crippen molar-refractivity contribution in [3.8, 4) is 17.0 Å². The smallest absolute Gasteiger partial charge is 0.228 e. The summed E-state index contributed by atoms with van der Waals surface area (Å²) in [7, 11) is -0.751. The van der Waals surface area contributed by atoms with Crippen LogP contribution in [0, 0.1) is 0 Å². The van der Waals surface area contributed by atoms with Crippen molar-refractivity contribution < 1.29 is 13.6 Å². The highest BCUT2D eigenvalue weighted by Gasteiger charge is 2.22. The van der Waals surface area contributed by atoms with Crippen molar-refractivity contribution in [1.82, 2.24) is 24.3 Å². The van der Waals surface area contributed by atoms with Gasteiger partial charge in [0.25, 0.3) is 0 Å². The lowest BCUT2D eigenvalue weighted by Gasteiger charge is -2.28. The van der Waals surface area contributed by atoms with E-state index in [9.17, 15) is 0 Å². The molecule has 0 radical (unpaired) electrons. The Labute approximate surface area is 172 Å². The second-order valence-corrected chi connectivity index (χ2v) is 7.33. The lowest BCUT2D eigenvalue weighted by molar-refractivity contribution is 0.0681. The molecule has 0 spiro atoms. The summed E-state index contributed by atoms with van der Waals surface area (Å²) in [5, 5.41) is 4.18. The standard InChI is InChI=1S/C21H24N6O2/c1-28-15-6-4-14(5-7-15)24-21-25-19-18(20(26-21)29-2)16(11-23-19)13-3-8-17-22-9-10-27(17)12-13/h3,8-12,14-15H,4-7H2,1-2H3,(H2,23,24,25,26)/t14-,15+/i1D3. The Morgan fingerprint density at radius 3 is 2.97 bits per heavy atom. The van der Waals surface area contributed by atoms with Crippen molar-refractivity contribution in [1.29, 1.82) is 0 Å². The summed E-state index contributed by atoms with van der Waals surface area (Å²) in [5.41, 5.74) is 3.50. The molecule has 1 aliphatic carbocycles. The highest BCUT2D eigenvalue weighted by atomic mass is 16.5. The Balaban J connectivity index is 1.37. The number of imidazole rings is 1. The van der Waals surface area contributed by atoms with E-state index in [-0.39, 0.29) is 12.1 Å². The van der Waals surface area contributed by atoms with Crippen LogP contribution in [0.15, 0.2) is 36.9 Å². The summed E-state index contributed by atoms with van der Waals surface area (Å²) in [6.45, 7) is 0. The van der Waals surface area contributed by atoms with Crippen molar-refractivity contribution >= 4 is 22.6 Å². The number of methoxy groups -OCH3 is 2. The third-order valence-corrected chi connectivity index (χ3v) is 5.57. The fourth-order valence-electron chi connectivity index (χ4n) is 4.03. The fourth-order valence-corrected chi connectivity index (χ4v) is 4.03. The second-order valence-electron chi connectivity index (χ2n) is 7.33. The molecule has 1 fully saturated rings. The number of rotatable bonds is 5. The van der Waals surface area contributed by atoms with Crippen LogP contribution in [0.4, 0.5) is 5.95 Å². The van der Waals surface area contributed by atoms with Crippen molar-refractivity contribution in [2.24, 2.45) is 0 Å². The summed E-state index contributed by atoms with van der Waals surface area (Å²) in [4.78, 5) is 16.8. The van der Waals surface area contributed by atoms with Gasteiger partial charge in [0, 0.05) is 49.0 Å². The second kappa shape index (κ2) is 7.36. The van der Waals surface area contributed by atoms with E-state index in [4.69, 9.17) is 13.6 Å². The third kappa shape index (κ3) is 3.29. The SMILES string of the molecule is [2H]C([2H])([2H])O[C@H]1CC[C@@H](Nc2nc(OC)c3c(-c4ccc5nccn5c4)c[nH]c3n2)CC1. The van der Waals surface area contributed by atoms with Crippen LogP contribution in [0.1, 0.15) is 29.8 Å². The highest BCUT2D eigenvalue weighted by Crippen LogP contribution is 2.34. The van der Waals surface area contributed by atoms with Crippen LogP contribution in [0.25, 0.3) is 27.8 Å². The predicted molar refractivity (Wildman–Crippen MR) is 111 cm³/mol. The summed E-state index contributed by atoms with van der Waals surface area (Å²) in [5.74, 6) is 0.965. The molecule has 0 atom stereocenters. The third-order valence-electron chi connectivity index (χ3n) is 5.57. The molecule has 29 heavy (non-hydrogen) atoms. The topological polar surface area (TPSA) is 89.4 Å². The molecular weight excluding hydrogens is 368 g/mol. The predicted octanol–water partition coefficient (Wildman–Crippen LogP) is 3.65. The molecule has 4 heterocycles. The average Bonchev–Trinajstić information content (AvgIpc) is 3.40. The normalized spacial score (nSPS) is 21.6. The van der Waals surface area contributed by atoms with Crippen LogP contribution in [-0.4, -0.2) is 50.6 Å². The lowest BCUT2D eigenvalue weighted by atomic mass is 9.93. The maximum atomic E-state index is 7.27. The maximum absolute atomic E-state index is 7.27. The number of hydrogen-bond acceptors (Lipinski definition) is 6. The largest absolute Gasteiger partial charge is 0.480 e. The van der Waals surface area contributed by atoms with E-state index < -0.39 is 7.04 Å². The summed E-state index contributed by atoms with van der Waals surface area (Å²) in [6, 6.07) is 4.12. The molecule has 8 nitrogen and oxygen atoms in total. The van der Waals surface area contributed by atoms with Gasteiger partial charge in [-0.15, -0.1) is 0 Å². The van der Waals surface area contributed by atoms with Gasteiger partial charge in [0.1, 0.15) is 11.3 Å². The molecule has 4 aromatic rings. The summed E-state index contributed by atoms with van der Waals surface area (Å²) >= 11 is 0. The van der Waals surface area contributed by atoms with Gasteiger partial charge in [-0.3, -0.25) is 0 Å². The number of hydrogen-bond donors (Lipinski definition) is 2. The monoisotopic (exact) mass is 395 g/mol. The molecule has 1 aliphatic rings. The number of ether oxygens (including phenoxy) is 2. The van der Waals surface area contributed by atoms with Gasteiger partial charge in [-0.2, -0.15) is 9.97 Å². The van der Waals surface area contributed by atoms with Gasteiger partial charge in [0.05, 0.1) is 22.7 Å². The quantitative estimate of drug-likeness (QED) is 0.536. The minimum absolute atomic E-state index is 0.145. The van der Waals surface area contributed by atoms with E-state index in [1.165, 1.54) is 0 Å². The van der Waals surface area contributed by atoms with E-state index in [0.717, 1.165) is 35.0 Å². The molecule has 0 saturated heterocycles. The first-order chi connectivity index (χ1) is 15.4. The first-order valence-corrected chi connectivity index (χ1v) is 9.70. The molecule has 0 aromatic carbocycles. The minimum atomic E-state index is -2.35. The number of fused-ring (bicyclic) bond motifs is 2. The van der Waals surface area contributed by atoms with Gasteiger partial charge < -0.3 is 24.2 Å². The van der Waals surface area contributed by atoms with E-state index in [2.05, 4.69) is 25.3 Å². The molecule has 1 saturated carbocycles. The van der Waals surface area contributed by atoms with Gasteiger partial charge in [0.2, 0.25) is 11.8 Å². The average molecular weight is 395 g/mol. The number of pyridine rings is 1. The molecule has 8 heteroatoms. The van der Waals surface area contributed by atoms with Crippen molar-refractivity contribution in [3.05, 3.63) is 36.9 Å². The number of nitrogens with zero attached hydrogens (tertiary/aromatic N) is 4. The van der Waals surface area contributed by atoms with E-state index in [1.807, 2.05) is 35.1 Å². The molecule has 0 aliphatic heterocycles. The molecule has 0 amide bonds. The maximum Gasteiger partial charge on any atom is 0.228 e. The van der Waals surface area contributed by atoms with Gasteiger partial charge in [0.15, 0.2) is 0 Å². The number of nitrogens with one attached hydrogen (secondary N) is 2. The molecule has 0 bridgehead atoms. The molecule has 4 aromatic heterocycles. The number of aromatic amines is 1. The first-order valence-electron chi connectivity index (χ1n) is 11.2. The number of H-pyrrole nitrogens is 1. The lowest BCUT2D eigenvalue weighted by Crippen LogP contribution is -2.29. The van der Waals surface area contributed by atoms with Crippen LogP contribution in [0.2, 0.25) is 0 Å². The Hall–Kier alpha value is -3.13. The molecule has 150 valence electrons. The van der Waals surface area contributed by atoms with Crippen molar-refractivity contribution in [2.75, 3.05) is 19.5 Å². The molecule has 0 unspecified atom stereocenters. The van der Waals surface area contributed by atoms with E-state index in [1.54, 1.807) is 13.3 Å². The Morgan fingerprint density at radius 2 is 2.14 bits per heavy atom. The first kappa shape index (κ1) is 14.8. The van der Waals surface area contributed by atoms with Crippen LogP contribution in [0.3, 0.4) is 0 Å². The zero-order valence-electron chi connectivity index (χ0n) is 19.1. The summed E-state index contributed by atoms with van der Waals surface area (Å²) < 4.78 is 34.5. The van der Waals surface area contributed by atoms with Crippen LogP contribution < -0.4 is 10.1 Å². The van der Waals surface area contributed by atoms with Gasteiger partial charge >= 0.3 is 0 Å². The van der Waals surface area contributed by atoms with E-state index >= 15 is 0 Å². The van der Waals surface area contributed by atoms with Gasteiger partial charge in [-0.1, -0.05) is 0 Å². The van der Waals surface area contributed by atoms with Gasteiger partial charge in [-0.05, 0) is 37.8 Å². The Bertz CT molecular complexity index is 1240. The van der Waals surface area contributed by atoms with Crippen LogP contribution in [-0.2, 0) is 4.74 Å². The minimum Gasteiger partial charge on any atom is -0.480 e. The fraction of sp³-hybridized carbons (Fsp3) is 0.381. The number of anilines is 1. The van der Waals surface area contributed by atoms with Gasteiger partial charge in [-0.25, -0.2) is 4.98 Å². The van der Waals surface area contributed by atoms with Crippen LogP contribution in [0.5, 0.6) is 5.88 Å². The Kier molecular flexibility index (Phi) is 3.76. The summed E-state index contributed by atoms with van der Waals surface area (Å²) in [6.07, 6.45) is 10.3. The highest BCUT2D eigenvalue weighted by molar-refractivity contribution is 5.97. The van der Waals surface area contributed by atoms with Crippen LogP contribution >= 0.6 is 0 Å². The molecule has 5 rings (SSSR count). The van der Waals surface area contributed by atoms with E-state index in [0.29, 0.717) is 30.3 Å². The Morgan fingerprint density at radius 1 is 1.24 bits per heavy atom. The van der Waals surface area contributed by atoms with Crippen molar-refractivity contribution in [3.63, 3.8) is 0 Å². The zero-order valence-corrected chi connectivity index (χ0v) is 16.1. The zero-order chi connectivity index (χ0) is 22.3.